The quantitative estimate of drug-likeness (QED) is 0.806. The number of hydrogen-bond donors (Lipinski definition) is 2. The molecular formula is C11H15F2NO2S. The Hall–Kier alpha value is -0.850. The first kappa shape index (κ1) is 14.2. The predicted octanol–water partition coefficient (Wildman–Crippen LogP) is 1.04. The van der Waals surface area contributed by atoms with Crippen LogP contribution in [0, 0.1) is 11.6 Å². The summed E-state index contributed by atoms with van der Waals surface area (Å²) in [5.74, 6) is -1.63. The van der Waals surface area contributed by atoms with Crippen molar-refractivity contribution in [3.63, 3.8) is 0 Å². The average Bonchev–Trinajstić information content (AvgIpc) is 2.26. The summed E-state index contributed by atoms with van der Waals surface area (Å²) in [5.41, 5.74) is 0. The number of benzene rings is 1. The van der Waals surface area contributed by atoms with Gasteiger partial charge in [0, 0.05) is 12.6 Å². The summed E-state index contributed by atoms with van der Waals surface area (Å²) in [4.78, 5) is -0.0815. The molecule has 2 N–H and O–H groups in total. The minimum Gasteiger partial charge on any atom is -0.391 e. The van der Waals surface area contributed by atoms with Gasteiger partial charge in [-0.25, -0.2) is 8.78 Å². The van der Waals surface area contributed by atoms with Crippen molar-refractivity contribution >= 4 is 10.8 Å². The fourth-order valence-corrected chi connectivity index (χ4v) is 2.44. The molecule has 0 radical (unpaired) electrons. The van der Waals surface area contributed by atoms with Gasteiger partial charge in [-0.05, 0) is 18.7 Å². The lowest BCUT2D eigenvalue weighted by atomic mass is 10.3. The zero-order valence-corrected chi connectivity index (χ0v) is 10.3. The summed E-state index contributed by atoms with van der Waals surface area (Å²) in [6, 6.07) is 2.87. The molecule has 0 saturated heterocycles. The Balaban J connectivity index is 2.63. The van der Waals surface area contributed by atoms with E-state index < -0.39 is 28.5 Å². The number of aliphatic hydroxyl groups excluding tert-OH is 1. The van der Waals surface area contributed by atoms with Gasteiger partial charge in [-0.15, -0.1) is 0 Å². The second-order valence-electron chi connectivity index (χ2n) is 3.55. The number of rotatable bonds is 6. The van der Waals surface area contributed by atoms with Gasteiger partial charge in [0.2, 0.25) is 0 Å². The van der Waals surface area contributed by atoms with Crippen LogP contribution >= 0.6 is 0 Å². The molecule has 0 fully saturated rings. The van der Waals surface area contributed by atoms with E-state index in [2.05, 4.69) is 5.32 Å². The summed E-state index contributed by atoms with van der Waals surface area (Å²) < 4.78 is 37.6. The van der Waals surface area contributed by atoms with Gasteiger partial charge in [-0.2, -0.15) is 0 Å². The highest BCUT2D eigenvalue weighted by molar-refractivity contribution is 7.85. The van der Waals surface area contributed by atoms with E-state index in [1.54, 1.807) is 0 Å². The fourth-order valence-electron chi connectivity index (χ4n) is 1.29. The zero-order valence-electron chi connectivity index (χ0n) is 9.45. The van der Waals surface area contributed by atoms with Crippen LogP contribution in [0.3, 0.4) is 0 Å². The molecule has 0 saturated carbocycles. The van der Waals surface area contributed by atoms with Crippen LogP contribution in [-0.2, 0) is 10.8 Å². The van der Waals surface area contributed by atoms with Gasteiger partial charge in [-0.1, -0.05) is 6.92 Å². The molecule has 0 amide bonds. The van der Waals surface area contributed by atoms with Gasteiger partial charge in [0.15, 0.2) is 0 Å². The molecule has 0 spiro atoms. The first-order chi connectivity index (χ1) is 8.04. The summed E-state index contributed by atoms with van der Waals surface area (Å²) in [5, 5.41) is 12.4. The Bertz CT molecular complexity index is 401. The monoisotopic (exact) mass is 263 g/mol. The third-order valence-corrected chi connectivity index (χ3v) is 3.62. The fraction of sp³-hybridized carbons (Fsp3) is 0.455. The number of nitrogens with one attached hydrogen (secondary N) is 1. The highest BCUT2D eigenvalue weighted by atomic mass is 32.2. The number of aliphatic hydroxyl groups is 1. The molecule has 1 aromatic rings. The second-order valence-corrected chi connectivity index (χ2v) is 5.01. The van der Waals surface area contributed by atoms with E-state index in [9.17, 15) is 18.1 Å². The van der Waals surface area contributed by atoms with E-state index in [1.165, 1.54) is 0 Å². The number of likely N-dealkylation sites (N-methyl/N-ethyl adjacent to an activating group) is 1. The van der Waals surface area contributed by atoms with Crippen LogP contribution in [0.15, 0.2) is 23.1 Å². The molecular weight excluding hydrogens is 248 g/mol. The first-order valence-corrected chi connectivity index (χ1v) is 6.58. The highest BCUT2D eigenvalue weighted by Crippen LogP contribution is 2.14. The summed E-state index contributed by atoms with van der Waals surface area (Å²) in [6.45, 7) is 2.86. The number of halogens is 2. The zero-order chi connectivity index (χ0) is 12.8. The van der Waals surface area contributed by atoms with E-state index in [4.69, 9.17) is 0 Å². The lowest BCUT2D eigenvalue weighted by Gasteiger charge is -2.10. The molecule has 0 bridgehead atoms. The van der Waals surface area contributed by atoms with Gasteiger partial charge >= 0.3 is 0 Å². The Kier molecular flexibility index (Phi) is 5.67. The molecule has 0 aliphatic heterocycles. The molecule has 0 aliphatic carbocycles. The van der Waals surface area contributed by atoms with Crippen molar-refractivity contribution in [1.82, 2.24) is 5.32 Å². The SMILES string of the molecule is CCNCC(O)CS(=O)c1ccc(F)cc1F. The molecule has 0 heterocycles. The summed E-state index contributed by atoms with van der Waals surface area (Å²) >= 11 is 0. The van der Waals surface area contributed by atoms with Crippen LogP contribution in [-0.4, -0.2) is 34.3 Å². The molecule has 3 nitrogen and oxygen atoms in total. The molecule has 96 valence electrons. The second kappa shape index (κ2) is 6.78. The normalized spacial score (nSPS) is 14.6. The van der Waals surface area contributed by atoms with Crippen LogP contribution in [0.1, 0.15) is 6.92 Å². The van der Waals surface area contributed by atoms with Crippen LogP contribution in [0.4, 0.5) is 8.78 Å². The molecule has 6 heteroatoms. The lowest BCUT2D eigenvalue weighted by Crippen LogP contribution is -2.30. The minimum absolute atomic E-state index is 0.0739. The highest BCUT2D eigenvalue weighted by Gasteiger charge is 2.15. The smallest absolute Gasteiger partial charge is 0.142 e. The topological polar surface area (TPSA) is 49.3 Å². The van der Waals surface area contributed by atoms with Gasteiger partial charge in [0.05, 0.1) is 27.6 Å². The molecule has 2 unspecified atom stereocenters. The van der Waals surface area contributed by atoms with Gasteiger partial charge < -0.3 is 10.4 Å². The maximum absolute atomic E-state index is 13.3. The van der Waals surface area contributed by atoms with E-state index >= 15 is 0 Å². The van der Waals surface area contributed by atoms with Crippen LogP contribution in [0.25, 0.3) is 0 Å². The Morgan fingerprint density at radius 2 is 2.18 bits per heavy atom. The van der Waals surface area contributed by atoms with Crippen molar-refractivity contribution < 1.29 is 18.1 Å². The van der Waals surface area contributed by atoms with Crippen molar-refractivity contribution in [1.29, 1.82) is 0 Å². The van der Waals surface area contributed by atoms with Crippen molar-refractivity contribution in [2.24, 2.45) is 0 Å². The minimum atomic E-state index is -1.67. The third-order valence-electron chi connectivity index (χ3n) is 2.11. The van der Waals surface area contributed by atoms with Crippen molar-refractivity contribution in [2.75, 3.05) is 18.8 Å². The maximum Gasteiger partial charge on any atom is 0.142 e. The van der Waals surface area contributed by atoms with Crippen LogP contribution in [0.2, 0.25) is 0 Å². The molecule has 0 aromatic heterocycles. The molecule has 1 aromatic carbocycles. The first-order valence-electron chi connectivity index (χ1n) is 5.26. The van der Waals surface area contributed by atoms with Crippen LogP contribution in [0.5, 0.6) is 0 Å². The van der Waals surface area contributed by atoms with Gasteiger partial charge in [-0.3, -0.25) is 4.21 Å². The van der Waals surface area contributed by atoms with E-state index in [0.29, 0.717) is 19.2 Å². The predicted molar refractivity (Wildman–Crippen MR) is 62.2 cm³/mol. The Morgan fingerprint density at radius 1 is 1.47 bits per heavy atom. The molecule has 17 heavy (non-hydrogen) atoms. The summed E-state index contributed by atoms with van der Waals surface area (Å²) in [6.07, 6.45) is -0.819. The van der Waals surface area contributed by atoms with Gasteiger partial charge in [0.1, 0.15) is 11.6 Å². The van der Waals surface area contributed by atoms with E-state index in [1.807, 2.05) is 6.92 Å². The lowest BCUT2D eigenvalue weighted by molar-refractivity contribution is 0.195. The third kappa shape index (κ3) is 4.49. The summed E-state index contributed by atoms with van der Waals surface area (Å²) in [7, 11) is -1.67. The maximum atomic E-state index is 13.3. The van der Waals surface area contributed by atoms with Crippen LogP contribution < -0.4 is 5.32 Å². The van der Waals surface area contributed by atoms with E-state index in [-0.39, 0.29) is 10.6 Å². The largest absolute Gasteiger partial charge is 0.391 e. The number of hydrogen-bond acceptors (Lipinski definition) is 3. The van der Waals surface area contributed by atoms with Crippen molar-refractivity contribution in [2.45, 2.75) is 17.9 Å². The Morgan fingerprint density at radius 3 is 2.76 bits per heavy atom. The average molecular weight is 263 g/mol. The standard InChI is InChI=1S/C11H15F2NO2S/c1-2-14-6-9(15)7-17(16)11-4-3-8(12)5-10(11)13/h3-5,9,14-15H,2,6-7H2,1H3. The molecule has 0 aliphatic rings. The Labute approximate surface area is 101 Å². The van der Waals surface area contributed by atoms with Gasteiger partial charge in [0.25, 0.3) is 0 Å². The van der Waals surface area contributed by atoms with Crippen molar-refractivity contribution in [3.8, 4) is 0 Å². The van der Waals surface area contributed by atoms with Crippen molar-refractivity contribution in [3.05, 3.63) is 29.8 Å². The molecule has 2 atom stereocenters. The van der Waals surface area contributed by atoms with E-state index in [0.717, 1.165) is 12.1 Å². The molecule has 1 rings (SSSR count).